The van der Waals surface area contributed by atoms with Crippen molar-refractivity contribution in [3.63, 3.8) is 0 Å². The van der Waals surface area contributed by atoms with Gasteiger partial charge in [0.1, 0.15) is 0 Å². The highest BCUT2D eigenvalue weighted by Gasteiger charge is 2.36. The maximum atomic E-state index is 12.4. The van der Waals surface area contributed by atoms with E-state index in [1.54, 1.807) is 0 Å². The van der Waals surface area contributed by atoms with Crippen LogP contribution in [0.25, 0.3) is 0 Å². The van der Waals surface area contributed by atoms with Gasteiger partial charge in [-0.15, -0.1) is 0 Å². The van der Waals surface area contributed by atoms with E-state index in [-0.39, 0.29) is 17.7 Å². The van der Waals surface area contributed by atoms with E-state index in [4.69, 9.17) is 0 Å². The molecule has 3 rings (SSSR count). The Morgan fingerprint density at radius 2 is 2.00 bits per heavy atom. The Morgan fingerprint density at radius 1 is 1.19 bits per heavy atom. The van der Waals surface area contributed by atoms with Crippen LogP contribution in [0, 0.1) is 5.92 Å². The lowest BCUT2D eigenvalue weighted by molar-refractivity contribution is -0.134. The summed E-state index contributed by atoms with van der Waals surface area (Å²) < 4.78 is 0. The van der Waals surface area contributed by atoms with Crippen LogP contribution in [0.15, 0.2) is 11.6 Å². The number of hydrogen-bond donors (Lipinski definition) is 0. The van der Waals surface area contributed by atoms with Gasteiger partial charge in [-0.2, -0.15) is 0 Å². The fourth-order valence-electron chi connectivity index (χ4n) is 3.76. The molecule has 0 aromatic carbocycles. The van der Waals surface area contributed by atoms with Gasteiger partial charge >= 0.3 is 0 Å². The number of amides is 2. The molecule has 21 heavy (non-hydrogen) atoms. The molecular formula is C17H26N2O2. The zero-order chi connectivity index (χ0) is 14.7. The highest BCUT2D eigenvalue weighted by molar-refractivity contribution is 5.89. The number of carbonyl (C=O) groups excluding carboxylic acids is 2. The van der Waals surface area contributed by atoms with Crippen LogP contribution < -0.4 is 0 Å². The van der Waals surface area contributed by atoms with Gasteiger partial charge in [0.05, 0.1) is 5.92 Å². The predicted octanol–water partition coefficient (Wildman–Crippen LogP) is 2.35. The Balaban J connectivity index is 1.49. The number of nitrogens with zero attached hydrogens (tertiary/aromatic N) is 2. The van der Waals surface area contributed by atoms with E-state index in [1.807, 2.05) is 9.80 Å². The Bertz CT molecular complexity index is 438. The number of carbonyl (C=O) groups is 2. The van der Waals surface area contributed by atoms with Crippen LogP contribution >= 0.6 is 0 Å². The SMILES string of the molecule is O=C1CC(C(=O)N2CCCC2)CN1CCC1=CCCCC1. The molecule has 2 fully saturated rings. The van der Waals surface area contributed by atoms with Gasteiger partial charge < -0.3 is 9.80 Å². The van der Waals surface area contributed by atoms with Gasteiger partial charge in [-0.1, -0.05) is 11.6 Å². The van der Waals surface area contributed by atoms with Gasteiger partial charge in [0.15, 0.2) is 0 Å². The molecule has 0 aromatic rings. The Hall–Kier alpha value is -1.32. The second-order valence-corrected chi connectivity index (χ2v) is 6.63. The molecule has 1 aliphatic carbocycles. The molecule has 4 nitrogen and oxygen atoms in total. The minimum Gasteiger partial charge on any atom is -0.342 e. The highest BCUT2D eigenvalue weighted by Crippen LogP contribution is 2.25. The third-order valence-electron chi connectivity index (χ3n) is 5.07. The molecule has 2 amide bonds. The van der Waals surface area contributed by atoms with Crippen LogP contribution in [0.2, 0.25) is 0 Å². The second kappa shape index (κ2) is 6.63. The highest BCUT2D eigenvalue weighted by atomic mass is 16.2. The molecule has 0 bridgehead atoms. The Kier molecular flexibility index (Phi) is 4.61. The molecule has 0 saturated carbocycles. The largest absolute Gasteiger partial charge is 0.342 e. The quantitative estimate of drug-likeness (QED) is 0.746. The maximum absolute atomic E-state index is 12.4. The third kappa shape index (κ3) is 3.47. The lowest BCUT2D eigenvalue weighted by Gasteiger charge is -2.21. The molecule has 1 unspecified atom stereocenters. The average molecular weight is 290 g/mol. The van der Waals surface area contributed by atoms with Crippen molar-refractivity contribution >= 4 is 11.8 Å². The van der Waals surface area contributed by atoms with Crippen LogP contribution in [0.1, 0.15) is 51.4 Å². The number of hydrogen-bond acceptors (Lipinski definition) is 2. The predicted molar refractivity (Wildman–Crippen MR) is 81.7 cm³/mol. The maximum Gasteiger partial charge on any atom is 0.227 e. The van der Waals surface area contributed by atoms with E-state index in [1.165, 1.54) is 31.3 Å². The van der Waals surface area contributed by atoms with E-state index >= 15 is 0 Å². The average Bonchev–Trinajstić information content (AvgIpc) is 3.15. The summed E-state index contributed by atoms with van der Waals surface area (Å²) in [4.78, 5) is 28.4. The molecule has 0 N–H and O–H groups in total. The first kappa shape index (κ1) is 14.6. The summed E-state index contributed by atoms with van der Waals surface area (Å²) >= 11 is 0. The molecule has 2 saturated heterocycles. The molecule has 0 spiro atoms. The molecule has 3 aliphatic rings. The number of likely N-dealkylation sites (tertiary alicyclic amines) is 2. The normalized spacial score (nSPS) is 26.4. The molecule has 4 heteroatoms. The van der Waals surface area contributed by atoms with E-state index in [2.05, 4.69) is 6.08 Å². The van der Waals surface area contributed by atoms with Crippen LogP contribution in [-0.4, -0.2) is 47.8 Å². The summed E-state index contributed by atoms with van der Waals surface area (Å²) in [5, 5.41) is 0. The molecule has 0 aromatic heterocycles. The van der Waals surface area contributed by atoms with Crippen molar-refractivity contribution in [2.45, 2.75) is 51.4 Å². The van der Waals surface area contributed by atoms with Crippen LogP contribution in [0.5, 0.6) is 0 Å². The first-order chi connectivity index (χ1) is 10.2. The fraction of sp³-hybridized carbons (Fsp3) is 0.765. The second-order valence-electron chi connectivity index (χ2n) is 6.63. The van der Waals surface area contributed by atoms with Gasteiger partial charge in [0.2, 0.25) is 11.8 Å². The van der Waals surface area contributed by atoms with Gasteiger partial charge in [0.25, 0.3) is 0 Å². The van der Waals surface area contributed by atoms with E-state index in [9.17, 15) is 9.59 Å². The molecular weight excluding hydrogens is 264 g/mol. The number of rotatable bonds is 4. The minimum absolute atomic E-state index is 0.0871. The zero-order valence-electron chi connectivity index (χ0n) is 12.9. The molecule has 0 radical (unpaired) electrons. The van der Waals surface area contributed by atoms with Gasteiger partial charge in [-0.3, -0.25) is 9.59 Å². The van der Waals surface area contributed by atoms with Crippen molar-refractivity contribution in [1.82, 2.24) is 9.80 Å². The first-order valence-electron chi connectivity index (χ1n) is 8.48. The fourth-order valence-corrected chi connectivity index (χ4v) is 3.76. The molecule has 116 valence electrons. The first-order valence-corrected chi connectivity index (χ1v) is 8.48. The number of allylic oxidation sites excluding steroid dienone is 1. The smallest absolute Gasteiger partial charge is 0.227 e. The van der Waals surface area contributed by atoms with Crippen molar-refractivity contribution < 1.29 is 9.59 Å². The van der Waals surface area contributed by atoms with Crippen molar-refractivity contribution in [1.29, 1.82) is 0 Å². The van der Waals surface area contributed by atoms with Crippen molar-refractivity contribution in [2.24, 2.45) is 5.92 Å². The standard InChI is InChI=1S/C17H26N2O2/c20-16-12-15(17(21)18-9-4-5-10-18)13-19(16)11-8-14-6-2-1-3-7-14/h6,15H,1-5,7-13H2. The van der Waals surface area contributed by atoms with E-state index < -0.39 is 0 Å². The summed E-state index contributed by atoms with van der Waals surface area (Å²) in [6.07, 6.45) is 11.0. The van der Waals surface area contributed by atoms with E-state index in [0.717, 1.165) is 38.9 Å². The van der Waals surface area contributed by atoms with Gasteiger partial charge in [-0.25, -0.2) is 0 Å². The molecule has 2 heterocycles. The van der Waals surface area contributed by atoms with Crippen molar-refractivity contribution in [3.8, 4) is 0 Å². The lowest BCUT2D eigenvalue weighted by Crippen LogP contribution is -2.35. The van der Waals surface area contributed by atoms with Crippen LogP contribution in [0.4, 0.5) is 0 Å². The molecule has 2 aliphatic heterocycles. The summed E-state index contributed by atoms with van der Waals surface area (Å²) in [6.45, 7) is 3.21. The summed E-state index contributed by atoms with van der Waals surface area (Å²) in [6, 6.07) is 0. The minimum atomic E-state index is -0.0871. The third-order valence-corrected chi connectivity index (χ3v) is 5.07. The van der Waals surface area contributed by atoms with Crippen LogP contribution in [0.3, 0.4) is 0 Å². The zero-order valence-corrected chi connectivity index (χ0v) is 12.9. The van der Waals surface area contributed by atoms with E-state index in [0.29, 0.717) is 13.0 Å². The topological polar surface area (TPSA) is 40.6 Å². The Labute approximate surface area is 127 Å². The van der Waals surface area contributed by atoms with Crippen molar-refractivity contribution in [3.05, 3.63) is 11.6 Å². The summed E-state index contributed by atoms with van der Waals surface area (Å²) in [7, 11) is 0. The molecule has 1 atom stereocenters. The summed E-state index contributed by atoms with van der Waals surface area (Å²) in [5.41, 5.74) is 1.50. The van der Waals surface area contributed by atoms with Gasteiger partial charge in [0, 0.05) is 32.6 Å². The monoisotopic (exact) mass is 290 g/mol. The van der Waals surface area contributed by atoms with Gasteiger partial charge in [-0.05, 0) is 44.9 Å². The lowest BCUT2D eigenvalue weighted by atomic mass is 9.97. The Morgan fingerprint density at radius 3 is 2.71 bits per heavy atom. The van der Waals surface area contributed by atoms with Crippen LogP contribution in [-0.2, 0) is 9.59 Å². The van der Waals surface area contributed by atoms with Crippen molar-refractivity contribution in [2.75, 3.05) is 26.2 Å². The summed E-state index contributed by atoms with van der Waals surface area (Å²) in [5.74, 6) is 0.292.